The summed E-state index contributed by atoms with van der Waals surface area (Å²) in [5, 5.41) is 11.6. The number of aliphatic hydroxyl groups is 1. The van der Waals surface area contributed by atoms with Crippen molar-refractivity contribution in [3.8, 4) is 5.75 Å². The van der Waals surface area contributed by atoms with Crippen molar-refractivity contribution in [2.75, 3.05) is 33.4 Å². The lowest BCUT2D eigenvalue weighted by Crippen LogP contribution is -2.66. The molecule has 5 heterocycles. The smallest absolute Gasteiger partial charge is 0.256 e. The molecular formula is C27H27N5O3. The van der Waals surface area contributed by atoms with Gasteiger partial charge in [0.05, 0.1) is 25.3 Å². The highest BCUT2D eigenvalue weighted by molar-refractivity contribution is 5.95. The number of likely N-dealkylation sites (tertiary alicyclic amines) is 1. The van der Waals surface area contributed by atoms with E-state index >= 15 is 0 Å². The number of ether oxygens (including phenoxy) is 1. The van der Waals surface area contributed by atoms with Crippen molar-refractivity contribution in [1.29, 1.82) is 0 Å². The molecule has 0 bridgehead atoms. The quantitative estimate of drug-likeness (QED) is 0.467. The predicted octanol–water partition coefficient (Wildman–Crippen LogP) is 2.91. The number of carbonyl (C=O) groups is 1. The second-order valence-electron chi connectivity index (χ2n) is 9.49. The number of amides is 1. The zero-order chi connectivity index (χ0) is 24.0. The number of rotatable bonds is 5. The van der Waals surface area contributed by atoms with Gasteiger partial charge in [-0.3, -0.25) is 19.7 Å². The largest absolute Gasteiger partial charge is 0.497 e. The number of aromatic amines is 1. The minimum Gasteiger partial charge on any atom is -0.497 e. The number of methoxy groups -OCH3 is 1. The lowest BCUT2D eigenvalue weighted by molar-refractivity contribution is -0.00407. The van der Waals surface area contributed by atoms with Gasteiger partial charge in [-0.25, -0.2) is 0 Å². The van der Waals surface area contributed by atoms with E-state index in [9.17, 15) is 9.90 Å². The number of fused-ring (bicyclic) bond motifs is 4. The van der Waals surface area contributed by atoms with Crippen LogP contribution in [0.2, 0.25) is 0 Å². The highest BCUT2D eigenvalue weighted by atomic mass is 16.5. The highest BCUT2D eigenvalue weighted by Crippen LogP contribution is 2.49. The fraction of sp³-hybridized carbons (Fsp3) is 0.296. The number of nitrogens with one attached hydrogen (secondary N) is 1. The zero-order valence-corrected chi connectivity index (χ0v) is 19.5. The Hall–Kier alpha value is -3.75. The van der Waals surface area contributed by atoms with E-state index < -0.39 is 6.04 Å². The highest BCUT2D eigenvalue weighted by Gasteiger charge is 2.53. The number of carbonyl (C=O) groups excluding carboxylic acids is 1. The number of H-pyrrole nitrogens is 1. The van der Waals surface area contributed by atoms with Gasteiger partial charge in [-0.15, -0.1) is 0 Å². The van der Waals surface area contributed by atoms with Gasteiger partial charge in [0.1, 0.15) is 5.75 Å². The number of hydrogen-bond donors (Lipinski definition) is 2. The van der Waals surface area contributed by atoms with E-state index in [-0.39, 0.29) is 17.9 Å². The van der Waals surface area contributed by atoms with Gasteiger partial charge in [0.15, 0.2) is 0 Å². The molecule has 8 nitrogen and oxygen atoms in total. The molecule has 1 fully saturated rings. The molecule has 178 valence electrons. The fourth-order valence-corrected chi connectivity index (χ4v) is 5.80. The molecular weight excluding hydrogens is 442 g/mol. The summed E-state index contributed by atoms with van der Waals surface area (Å²) in [5.74, 6) is 0.643. The van der Waals surface area contributed by atoms with Gasteiger partial charge in [-0.05, 0) is 41.5 Å². The molecule has 8 heteroatoms. The summed E-state index contributed by atoms with van der Waals surface area (Å²) >= 11 is 0. The first kappa shape index (κ1) is 21.8. The van der Waals surface area contributed by atoms with Crippen molar-refractivity contribution < 1.29 is 14.6 Å². The molecule has 0 unspecified atom stereocenters. The van der Waals surface area contributed by atoms with Crippen LogP contribution in [-0.2, 0) is 12.0 Å². The van der Waals surface area contributed by atoms with E-state index in [4.69, 9.17) is 4.74 Å². The summed E-state index contributed by atoms with van der Waals surface area (Å²) in [4.78, 5) is 29.7. The molecule has 4 aromatic rings. The van der Waals surface area contributed by atoms with Crippen molar-refractivity contribution in [1.82, 2.24) is 24.8 Å². The third-order valence-electron chi connectivity index (χ3n) is 7.27. The lowest BCUT2D eigenvalue weighted by Gasteiger charge is -2.56. The van der Waals surface area contributed by atoms with Crippen LogP contribution >= 0.6 is 0 Å². The Balaban J connectivity index is 1.42. The predicted molar refractivity (Wildman–Crippen MR) is 131 cm³/mol. The molecule has 0 saturated carbocycles. The Morgan fingerprint density at radius 2 is 1.94 bits per heavy atom. The van der Waals surface area contributed by atoms with Crippen molar-refractivity contribution >= 4 is 16.8 Å². The van der Waals surface area contributed by atoms with Crippen molar-refractivity contribution in [3.05, 3.63) is 89.6 Å². The molecule has 1 atom stereocenters. The Bertz CT molecular complexity index is 1370. The number of benzene rings is 1. The molecule has 0 aliphatic carbocycles. The molecule has 1 aromatic carbocycles. The van der Waals surface area contributed by atoms with Crippen LogP contribution in [0.5, 0.6) is 5.75 Å². The third kappa shape index (κ3) is 3.57. The van der Waals surface area contributed by atoms with Gasteiger partial charge in [-0.1, -0.05) is 6.07 Å². The van der Waals surface area contributed by atoms with E-state index in [1.807, 2.05) is 29.3 Å². The maximum absolute atomic E-state index is 13.6. The summed E-state index contributed by atoms with van der Waals surface area (Å²) in [6.45, 7) is 2.78. The van der Waals surface area contributed by atoms with Gasteiger partial charge < -0.3 is 19.7 Å². The fourth-order valence-electron chi connectivity index (χ4n) is 5.80. The Morgan fingerprint density at radius 1 is 1.14 bits per heavy atom. The number of aromatic nitrogens is 3. The first-order valence-corrected chi connectivity index (χ1v) is 11.7. The second-order valence-corrected chi connectivity index (χ2v) is 9.49. The van der Waals surface area contributed by atoms with Crippen LogP contribution in [0.3, 0.4) is 0 Å². The first-order valence-electron chi connectivity index (χ1n) is 11.7. The molecule has 0 radical (unpaired) electrons. The van der Waals surface area contributed by atoms with Crippen LogP contribution in [0.1, 0.15) is 33.2 Å². The van der Waals surface area contributed by atoms with Crippen LogP contribution in [0, 0.1) is 0 Å². The van der Waals surface area contributed by atoms with E-state index in [2.05, 4.69) is 32.0 Å². The maximum Gasteiger partial charge on any atom is 0.256 e. The minimum atomic E-state index is -0.464. The number of hydrogen-bond acceptors (Lipinski definition) is 6. The standard InChI is InChI=1S/C27H27N5O3/c1-35-20-6-7-21-22(10-20)30-25-23(14-33)32(26(34)19-5-3-9-29-12-19)17-27(24(21)25)15-31(16-27)13-18-4-2-8-28-11-18/h2-12,23,30,33H,13-17H2,1H3/t23-/m1/s1. The van der Waals surface area contributed by atoms with E-state index in [1.54, 1.807) is 37.8 Å². The van der Waals surface area contributed by atoms with Crippen molar-refractivity contribution in [3.63, 3.8) is 0 Å². The Labute approximate surface area is 203 Å². The zero-order valence-electron chi connectivity index (χ0n) is 19.5. The van der Waals surface area contributed by atoms with Crippen LogP contribution in [-0.4, -0.2) is 69.1 Å². The topological polar surface area (TPSA) is 94.6 Å². The monoisotopic (exact) mass is 469 g/mol. The number of aliphatic hydroxyl groups excluding tert-OH is 1. The maximum atomic E-state index is 13.6. The second kappa shape index (κ2) is 8.48. The van der Waals surface area contributed by atoms with Crippen LogP contribution in [0.15, 0.2) is 67.3 Å². The molecule has 35 heavy (non-hydrogen) atoms. The average Bonchev–Trinajstić information content (AvgIpc) is 3.27. The molecule has 1 saturated heterocycles. The molecule has 6 rings (SSSR count). The number of pyridine rings is 2. The van der Waals surface area contributed by atoms with Crippen molar-refractivity contribution in [2.45, 2.75) is 18.0 Å². The van der Waals surface area contributed by atoms with Gasteiger partial charge in [0, 0.05) is 79.0 Å². The normalized spacial score (nSPS) is 18.9. The van der Waals surface area contributed by atoms with E-state index in [0.717, 1.165) is 42.0 Å². The van der Waals surface area contributed by atoms with Crippen molar-refractivity contribution in [2.24, 2.45) is 0 Å². The molecule has 2 aliphatic heterocycles. The van der Waals surface area contributed by atoms with Crippen LogP contribution in [0.25, 0.3) is 10.9 Å². The van der Waals surface area contributed by atoms with Gasteiger partial charge in [0.2, 0.25) is 0 Å². The van der Waals surface area contributed by atoms with Crippen LogP contribution < -0.4 is 4.74 Å². The average molecular weight is 470 g/mol. The first-order chi connectivity index (χ1) is 17.1. The van der Waals surface area contributed by atoms with Gasteiger partial charge in [0.25, 0.3) is 5.91 Å². The molecule has 1 spiro atoms. The molecule has 2 aliphatic rings. The number of nitrogens with zero attached hydrogens (tertiary/aromatic N) is 4. The van der Waals surface area contributed by atoms with Gasteiger partial charge in [-0.2, -0.15) is 0 Å². The Morgan fingerprint density at radius 3 is 2.63 bits per heavy atom. The van der Waals surface area contributed by atoms with Crippen LogP contribution in [0.4, 0.5) is 0 Å². The summed E-state index contributed by atoms with van der Waals surface area (Å²) in [6.07, 6.45) is 6.93. The summed E-state index contributed by atoms with van der Waals surface area (Å²) in [6, 6.07) is 13.2. The Kier molecular flexibility index (Phi) is 5.27. The molecule has 1 amide bonds. The molecule has 2 N–H and O–H groups in total. The van der Waals surface area contributed by atoms with Gasteiger partial charge >= 0.3 is 0 Å². The third-order valence-corrected chi connectivity index (χ3v) is 7.27. The summed E-state index contributed by atoms with van der Waals surface area (Å²) in [5.41, 5.74) is 4.50. The SMILES string of the molecule is COc1ccc2c3c([nH]c2c1)[C@@H](CO)N(C(=O)c1cccnc1)CC31CN(Cc2cccnc2)C1. The minimum absolute atomic E-state index is 0.121. The summed E-state index contributed by atoms with van der Waals surface area (Å²) < 4.78 is 5.45. The summed E-state index contributed by atoms with van der Waals surface area (Å²) in [7, 11) is 1.65. The molecule has 3 aromatic heterocycles. The van der Waals surface area contributed by atoms with E-state index in [1.165, 1.54) is 11.1 Å². The van der Waals surface area contributed by atoms with E-state index in [0.29, 0.717) is 12.1 Å². The lowest BCUT2D eigenvalue weighted by atomic mass is 9.68.